The van der Waals surface area contributed by atoms with Gasteiger partial charge in [0.05, 0.1) is 5.03 Å². The molecule has 17 heavy (non-hydrogen) atoms. The van der Waals surface area contributed by atoms with E-state index in [9.17, 15) is 0 Å². The molecule has 1 heterocycles. The van der Waals surface area contributed by atoms with E-state index in [0.29, 0.717) is 0 Å². The summed E-state index contributed by atoms with van der Waals surface area (Å²) in [4.78, 5) is 4.62. The monoisotopic (exact) mass is 250 g/mol. The Bertz CT molecular complexity index is 335. The summed E-state index contributed by atoms with van der Waals surface area (Å²) in [5, 5.41) is 4.50. The fourth-order valence-electron chi connectivity index (χ4n) is 2.23. The Morgan fingerprint density at radius 1 is 1.35 bits per heavy atom. The van der Waals surface area contributed by atoms with E-state index >= 15 is 0 Å². The Labute approximate surface area is 109 Å². The van der Waals surface area contributed by atoms with Gasteiger partial charge in [-0.05, 0) is 37.3 Å². The number of pyridine rings is 1. The van der Waals surface area contributed by atoms with Crippen molar-refractivity contribution in [2.45, 2.75) is 44.1 Å². The van der Waals surface area contributed by atoms with Crippen LogP contribution in [0.2, 0.25) is 0 Å². The van der Waals surface area contributed by atoms with Crippen LogP contribution >= 0.6 is 11.8 Å². The quantitative estimate of drug-likeness (QED) is 0.766. The van der Waals surface area contributed by atoms with Gasteiger partial charge in [0.25, 0.3) is 0 Å². The summed E-state index contributed by atoms with van der Waals surface area (Å²) in [6.45, 7) is 3.18. The van der Waals surface area contributed by atoms with E-state index < -0.39 is 0 Å². The molecule has 1 fully saturated rings. The maximum absolute atomic E-state index is 4.62. The minimum absolute atomic E-state index is 0.925. The zero-order valence-corrected chi connectivity index (χ0v) is 11.4. The molecule has 2 nitrogen and oxygen atoms in total. The third-order valence-electron chi connectivity index (χ3n) is 3.22. The molecule has 0 aliphatic heterocycles. The lowest BCUT2D eigenvalue weighted by molar-refractivity contribution is 0.623. The number of nitrogens with one attached hydrogen (secondary N) is 1. The predicted octanol–water partition coefficient (Wildman–Crippen LogP) is 4.19. The molecule has 3 heteroatoms. The van der Waals surface area contributed by atoms with Gasteiger partial charge >= 0.3 is 0 Å². The summed E-state index contributed by atoms with van der Waals surface area (Å²) in [6, 6.07) is 6.27. The molecule has 0 amide bonds. The van der Waals surface area contributed by atoms with Crippen LogP contribution in [0.1, 0.15) is 39.0 Å². The van der Waals surface area contributed by atoms with E-state index in [-0.39, 0.29) is 0 Å². The van der Waals surface area contributed by atoms with Gasteiger partial charge in [-0.25, -0.2) is 4.98 Å². The number of aromatic nitrogens is 1. The smallest absolute Gasteiger partial charge is 0.127 e. The summed E-state index contributed by atoms with van der Waals surface area (Å²) in [7, 11) is 0. The minimum atomic E-state index is 0.925. The maximum atomic E-state index is 4.62. The van der Waals surface area contributed by atoms with Crippen molar-refractivity contribution in [3.05, 3.63) is 18.2 Å². The van der Waals surface area contributed by atoms with E-state index in [1.807, 2.05) is 11.8 Å². The Balaban J connectivity index is 1.82. The molecule has 0 bridgehead atoms. The molecule has 1 aliphatic carbocycles. The van der Waals surface area contributed by atoms with Gasteiger partial charge in [-0.2, -0.15) is 0 Å². The van der Waals surface area contributed by atoms with Crippen LogP contribution in [0.25, 0.3) is 0 Å². The second kappa shape index (κ2) is 6.90. The fourth-order valence-corrected chi connectivity index (χ4v) is 3.30. The molecule has 0 aromatic carbocycles. The molecular formula is C14H22N2S. The minimum Gasteiger partial charge on any atom is -0.370 e. The van der Waals surface area contributed by atoms with E-state index in [4.69, 9.17) is 0 Å². The van der Waals surface area contributed by atoms with Gasteiger partial charge in [-0.1, -0.05) is 25.8 Å². The third kappa shape index (κ3) is 4.23. The van der Waals surface area contributed by atoms with Crippen LogP contribution in [0.3, 0.4) is 0 Å². The highest BCUT2D eigenvalue weighted by atomic mass is 32.2. The number of hydrogen-bond donors (Lipinski definition) is 1. The lowest BCUT2D eigenvalue weighted by Crippen LogP contribution is -2.02. The van der Waals surface area contributed by atoms with Crippen molar-refractivity contribution in [1.82, 2.24) is 4.98 Å². The first-order valence-corrected chi connectivity index (χ1v) is 7.71. The molecule has 2 rings (SSSR count). The first-order valence-electron chi connectivity index (χ1n) is 6.72. The summed E-state index contributed by atoms with van der Waals surface area (Å²) >= 11 is 1.91. The molecule has 0 spiro atoms. The second-order valence-corrected chi connectivity index (χ2v) is 5.79. The van der Waals surface area contributed by atoms with Crippen LogP contribution in [-0.2, 0) is 0 Å². The second-order valence-electron chi connectivity index (χ2n) is 4.75. The van der Waals surface area contributed by atoms with Gasteiger partial charge in [-0.3, -0.25) is 0 Å². The fraction of sp³-hybridized carbons (Fsp3) is 0.643. The molecule has 94 valence electrons. The van der Waals surface area contributed by atoms with Crippen molar-refractivity contribution in [2.24, 2.45) is 5.92 Å². The van der Waals surface area contributed by atoms with E-state index in [1.54, 1.807) is 0 Å². The van der Waals surface area contributed by atoms with Crippen LogP contribution < -0.4 is 5.32 Å². The summed E-state index contributed by atoms with van der Waals surface area (Å²) < 4.78 is 0. The Morgan fingerprint density at radius 3 is 2.94 bits per heavy atom. The molecule has 0 unspecified atom stereocenters. The van der Waals surface area contributed by atoms with E-state index in [2.05, 4.69) is 35.4 Å². The van der Waals surface area contributed by atoms with Gasteiger partial charge in [0.15, 0.2) is 0 Å². The first kappa shape index (κ1) is 12.7. The van der Waals surface area contributed by atoms with Crippen LogP contribution in [0.5, 0.6) is 0 Å². The highest BCUT2D eigenvalue weighted by Crippen LogP contribution is 2.30. The van der Waals surface area contributed by atoms with Crippen molar-refractivity contribution >= 4 is 17.6 Å². The number of nitrogens with zero attached hydrogens (tertiary/aromatic N) is 1. The third-order valence-corrected chi connectivity index (χ3v) is 4.38. The Hall–Kier alpha value is -0.700. The van der Waals surface area contributed by atoms with Crippen LogP contribution in [0.15, 0.2) is 23.2 Å². The average molecular weight is 250 g/mol. The Kier molecular flexibility index (Phi) is 5.17. The number of hydrogen-bond acceptors (Lipinski definition) is 3. The molecule has 1 aromatic rings. The maximum Gasteiger partial charge on any atom is 0.127 e. The normalized spacial score (nSPS) is 16.3. The lowest BCUT2D eigenvalue weighted by Gasteiger charge is -2.09. The van der Waals surface area contributed by atoms with Crippen LogP contribution in [0.4, 0.5) is 5.82 Å². The summed E-state index contributed by atoms with van der Waals surface area (Å²) in [5.74, 6) is 3.18. The van der Waals surface area contributed by atoms with Gasteiger partial charge in [0.2, 0.25) is 0 Å². The van der Waals surface area contributed by atoms with Crippen molar-refractivity contribution < 1.29 is 0 Å². The summed E-state index contributed by atoms with van der Waals surface area (Å²) in [5.41, 5.74) is 0. The zero-order valence-electron chi connectivity index (χ0n) is 10.6. The summed E-state index contributed by atoms with van der Waals surface area (Å²) in [6.07, 6.45) is 6.83. The topological polar surface area (TPSA) is 24.9 Å². The number of thioether (sulfide) groups is 1. The molecular weight excluding hydrogens is 228 g/mol. The molecule has 1 aliphatic rings. The van der Waals surface area contributed by atoms with Crippen molar-refractivity contribution in [3.63, 3.8) is 0 Å². The van der Waals surface area contributed by atoms with E-state index in [1.165, 1.54) is 31.4 Å². The highest BCUT2D eigenvalue weighted by Gasteiger charge is 2.15. The molecule has 0 radical (unpaired) electrons. The van der Waals surface area contributed by atoms with Crippen LogP contribution in [-0.4, -0.2) is 17.3 Å². The molecule has 0 atom stereocenters. The molecule has 0 saturated heterocycles. The van der Waals surface area contributed by atoms with Gasteiger partial charge in [0, 0.05) is 12.3 Å². The van der Waals surface area contributed by atoms with Crippen molar-refractivity contribution in [2.75, 3.05) is 17.6 Å². The largest absolute Gasteiger partial charge is 0.370 e. The predicted molar refractivity (Wildman–Crippen MR) is 75.7 cm³/mol. The molecule has 1 N–H and O–H groups in total. The van der Waals surface area contributed by atoms with Crippen LogP contribution in [0, 0.1) is 5.92 Å². The number of anilines is 1. The van der Waals surface area contributed by atoms with E-state index in [0.717, 1.165) is 29.7 Å². The van der Waals surface area contributed by atoms with Gasteiger partial charge < -0.3 is 5.32 Å². The molecule has 1 aromatic heterocycles. The average Bonchev–Trinajstić information content (AvgIpc) is 2.87. The Morgan fingerprint density at radius 2 is 2.18 bits per heavy atom. The number of rotatable bonds is 6. The lowest BCUT2D eigenvalue weighted by atomic mass is 10.1. The van der Waals surface area contributed by atoms with Gasteiger partial charge in [0.1, 0.15) is 5.82 Å². The van der Waals surface area contributed by atoms with Crippen molar-refractivity contribution in [1.29, 1.82) is 0 Å². The molecule has 1 saturated carbocycles. The first-order chi connectivity index (χ1) is 8.38. The highest BCUT2D eigenvalue weighted by molar-refractivity contribution is 7.99. The van der Waals surface area contributed by atoms with Crippen molar-refractivity contribution in [3.8, 4) is 0 Å². The zero-order chi connectivity index (χ0) is 11.9. The SMILES string of the molecule is CCCNc1cccc(SCC2CCCC2)n1. The standard InChI is InChI=1S/C14H22N2S/c1-2-10-15-13-8-5-9-14(16-13)17-11-12-6-3-4-7-12/h5,8-9,12H,2-4,6-7,10-11H2,1H3,(H,15,16). The van der Waals surface area contributed by atoms with Gasteiger partial charge in [-0.15, -0.1) is 11.8 Å².